The Morgan fingerprint density at radius 1 is 1.50 bits per heavy atom. The zero-order valence-corrected chi connectivity index (χ0v) is 14.9. The van der Waals surface area contributed by atoms with E-state index in [0.29, 0.717) is 24.8 Å². The van der Waals surface area contributed by atoms with Gasteiger partial charge in [0, 0.05) is 12.5 Å². The summed E-state index contributed by atoms with van der Waals surface area (Å²) in [6, 6.07) is 6.09. The van der Waals surface area contributed by atoms with Crippen molar-refractivity contribution in [1.29, 1.82) is 0 Å². The summed E-state index contributed by atoms with van der Waals surface area (Å²) in [6.45, 7) is 5.25. The van der Waals surface area contributed by atoms with Crippen molar-refractivity contribution < 1.29 is 9.90 Å². The molecule has 2 fully saturated rings. The molecule has 4 rings (SSSR count). The summed E-state index contributed by atoms with van der Waals surface area (Å²) in [7, 11) is 0. The van der Waals surface area contributed by atoms with Gasteiger partial charge in [0.05, 0.1) is 28.9 Å². The SMILES string of the molecule is Cc1ccc2nc(SCC(=O)N3C[C@@H](C)[C@](O)(C4CC4)C3)[nH]c2c1. The van der Waals surface area contributed by atoms with Gasteiger partial charge < -0.3 is 15.0 Å². The Hall–Kier alpha value is -1.53. The molecule has 2 N–H and O–H groups in total. The first-order valence-electron chi connectivity index (χ1n) is 8.55. The number of carbonyl (C=O) groups excluding carboxylic acids is 1. The van der Waals surface area contributed by atoms with Gasteiger partial charge in [-0.3, -0.25) is 4.79 Å². The van der Waals surface area contributed by atoms with Crippen molar-refractivity contribution in [1.82, 2.24) is 14.9 Å². The number of β-amino-alcohol motifs (C(OH)–C–C–N with tert-alkyl or cyclic N) is 1. The lowest BCUT2D eigenvalue weighted by atomic mass is 9.88. The Labute approximate surface area is 145 Å². The number of hydrogen-bond acceptors (Lipinski definition) is 4. The van der Waals surface area contributed by atoms with Gasteiger partial charge in [0.15, 0.2) is 5.16 Å². The summed E-state index contributed by atoms with van der Waals surface area (Å²) < 4.78 is 0. The molecule has 2 aliphatic rings. The maximum absolute atomic E-state index is 12.5. The average molecular weight is 345 g/mol. The van der Waals surface area contributed by atoms with Gasteiger partial charge in [0.1, 0.15) is 0 Å². The number of thioether (sulfide) groups is 1. The first-order chi connectivity index (χ1) is 11.5. The van der Waals surface area contributed by atoms with Crippen molar-refractivity contribution in [2.24, 2.45) is 11.8 Å². The Morgan fingerprint density at radius 3 is 3.04 bits per heavy atom. The molecule has 1 saturated carbocycles. The fourth-order valence-electron chi connectivity index (χ4n) is 3.71. The molecule has 2 atom stereocenters. The molecule has 1 aromatic heterocycles. The fraction of sp³-hybridized carbons (Fsp3) is 0.556. The van der Waals surface area contributed by atoms with Crippen LogP contribution in [0.3, 0.4) is 0 Å². The number of imidazole rings is 1. The number of hydrogen-bond donors (Lipinski definition) is 2. The molecule has 1 saturated heterocycles. The van der Waals surface area contributed by atoms with Crippen LogP contribution in [0.2, 0.25) is 0 Å². The van der Waals surface area contributed by atoms with Crippen molar-refractivity contribution >= 4 is 28.7 Å². The number of H-pyrrole nitrogens is 1. The molecule has 0 unspecified atom stereocenters. The minimum absolute atomic E-state index is 0.0834. The third-order valence-corrected chi connectivity index (χ3v) is 6.23. The van der Waals surface area contributed by atoms with E-state index < -0.39 is 5.60 Å². The first-order valence-corrected chi connectivity index (χ1v) is 9.53. The van der Waals surface area contributed by atoms with E-state index in [2.05, 4.69) is 23.0 Å². The van der Waals surface area contributed by atoms with Crippen molar-refractivity contribution in [2.75, 3.05) is 18.8 Å². The predicted octanol–water partition coefficient (Wildman–Crippen LogP) is 2.58. The van der Waals surface area contributed by atoms with Crippen LogP contribution >= 0.6 is 11.8 Å². The maximum Gasteiger partial charge on any atom is 0.233 e. The van der Waals surface area contributed by atoms with Crippen LogP contribution in [0.4, 0.5) is 0 Å². The lowest BCUT2D eigenvalue weighted by molar-refractivity contribution is -0.128. The number of likely N-dealkylation sites (tertiary alicyclic amines) is 1. The minimum atomic E-state index is -0.669. The van der Waals surface area contributed by atoms with Gasteiger partial charge in [-0.2, -0.15) is 0 Å². The van der Waals surface area contributed by atoms with Gasteiger partial charge in [-0.1, -0.05) is 24.8 Å². The number of carbonyl (C=O) groups is 1. The number of nitrogens with one attached hydrogen (secondary N) is 1. The monoisotopic (exact) mass is 345 g/mol. The zero-order chi connectivity index (χ0) is 16.9. The highest BCUT2D eigenvalue weighted by Crippen LogP contribution is 2.47. The number of benzene rings is 1. The number of rotatable bonds is 4. The van der Waals surface area contributed by atoms with Crippen LogP contribution in [0, 0.1) is 18.8 Å². The molecule has 128 valence electrons. The van der Waals surface area contributed by atoms with Gasteiger partial charge in [0.2, 0.25) is 5.91 Å². The molecule has 24 heavy (non-hydrogen) atoms. The second kappa shape index (κ2) is 5.77. The van der Waals surface area contributed by atoms with Crippen LogP contribution in [-0.2, 0) is 4.79 Å². The third kappa shape index (κ3) is 2.82. The number of amides is 1. The van der Waals surface area contributed by atoms with Crippen LogP contribution in [0.15, 0.2) is 23.4 Å². The van der Waals surface area contributed by atoms with Gasteiger partial charge in [0.25, 0.3) is 0 Å². The second-order valence-corrected chi connectivity index (χ2v) is 8.26. The Kier molecular flexibility index (Phi) is 3.84. The number of aromatic nitrogens is 2. The fourth-order valence-corrected chi connectivity index (χ4v) is 4.50. The molecule has 6 heteroatoms. The predicted molar refractivity (Wildman–Crippen MR) is 95.0 cm³/mol. The second-order valence-electron chi connectivity index (χ2n) is 7.29. The maximum atomic E-state index is 12.5. The summed E-state index contributed by atoms with van der Waals surface area (Å²) in [6.07, 6.45) is 2.19. The summed E-state index contributed by atoms with van der Waals surface area (Å²) >= 11 is 1.43. The van der Waals surface area contributed by atoms with E-state index in [1.807, 2.05) is 24.0 Å². The van der Waals surface area contributed by atoms with Gasteiger partial charge in [-0.15, -0.1) is 0 Å². The lowest BCUT2D eigenvalue weighted by Gasteiger charge is -2.26. The molecule has 1 aliphatic heterocycles. The normalized spacial score (nSPS) is 27.1. The topological polar surface area (TPSA) is 69.2 Å². The average Bonchev–Trinajstić information content (AvgIpc) is 3.26. The van der Waals surface area contributed by atoms with Gasteiger partial charge in [-0.05, 0) is 43.4 Å². The van der Waals surface area contributed by atoms with E-state index in [1.54, 1.807) is 0 Å². The molecular weight excluding hydrogens is 322 g/mol. The minimum Gasteiger partial charge on any atom is -0.387 e. The number of fused-ring (bicyclic) bond motifs is 1. The number of nitrogens with zero attached hydrogens (tertiary/aromatic N) is 2. The Bertz CT molecular complexity index is 786. The lowest BCUT2D eigenvalue weighted by Crippen LogP contribution is -2.40. The molecule has 0 bridgehead atoms. The molecule has 2 heterocycles. The largest absolute Gasteiger partial charge is 0.387 e. The quantitative estimate of drug-likeness (QED) is 0.836. The van der Waals surface area contributed by atoms with Gasteiger partial charge >= 0.3 is 0 Å². The molecule has 2 aromatic rings. The smallest absolute Gasteiger partial charge is 0.233 e. The zero-order valence-electron chi connectivity index (χ0n) is 14.1. The molecule has 1 aliphatic carbocycles. The summed E-state index contributed by atoms with van der Waals surface area (Å²) in [5.74, 6) is 0.983. The van der Waals surface area contributed by atoms with E-state index in [4.69, 9.17) is 0 Å². The number of aliphatic hydroxyl groups is 1. The van der Waals surface area contributed by atoms with E-state index in [1.165, 1.54) is 17.3 Å². The van der Waals surface area contributed by atoms with E-state index >= 15 is 0 Å². The summed E-state index contributed by atoms with van der Waals surface area (Å²) in [5, 5.41) is 11.6. The highest BCUT2D eigenvalue weighted by Gasteiger charge is 2.53. The van der Waals surface area contributed by atoms with Crippen LogP contribution in [-0.4, -0.2) is 50.3 Å². The Balaban J connectivity index is 1.39. The first kappa shape index (κ1) is 16.0. The van der Waals surface area contributed by atoms with Crippen LogP contribution in [0.5, 0.6) is 0 Å². The number of aromatic amines is 1. The summed E-state index contributed by atoms with van der Waals surface area (Å²) in [5.41, 5.74) is 2.44. The number of aryl methyl sites for hydroxylation is 1. The van der Waals surface area contributed by atoms with Crippen molar-refractivity contribution in [3.63, 3.8) is 0 Å². The van der Waals surface area contributed by atoms with Gasteiger partial charge in [-0.25, -0.2) is 4.98 Å². The highest BCUT2D eigenvalue weighted by molar-refractivity contribution is 7.99. The van der Waals surface area contributed by atoms with Crippen molar-refractivity contribution in [2.45, 2.75) is 37.4 Å². The van der Waals surface area contributed by atoms with Crippen LogP contribution in [0.25, 0.3) is 11.0 Å². The summed E-state index contributed by atoms with van der Waals surface area (Å²) in [4.78, 5) is 22.1. The molecule has 0 spiro atoms. The van der Waals surface area contributed by atoms with Crippen LogP contribution < -0.4 is 0 Å². The molecular formula is C18H23N3O2S. The molecule has 5 nitrogen and oxygen atoms in total. The van der Waals surface area contributed by atoms with Crippen molar-refractivity contribution in [3.8, 4) is 0 Å². The molecule has 0 radical (unpaired) electrons. The highest BCUT2D eigenvalue weighted by atomic mass is 32.2. The van der Waals surface area contributed by atoms with E-state index in [-0.39, 0.29) is 11.8 Å². The van der Waals surface area contributed by atoms with E-state index in [9.17, 15) is 9.90 Å². The molecule has 1 amide bonds. The Morgan fingerprint density at radius 2 is 2.29 bits per heavy atom. The third-order valence-electron chi connectivity index (χ3n) is 5.38. The van der Waals surface area contributed by atoms with Crippen molar-refractivity contribution in [3.05, 3.63) is 23.8 Å². The standard InChI is InChI=1S/C18H23N3O2S/c1-11-3-6-14-15(7-11)20-17(19-14)24-9-16(22)21-8-12(2)18(23,10-21)13-4-5-13/h3,6-7,12-13,23H,4-5,8-10H2,1-2H3,(H,19,20)/t12-,18+/m1/s1. The van der Waals surface area contributed by atoms with Crippen LogP contribution in [0.1, 0.15) is 25.3 Å². The van der Waals surface area contributed by atoms with E-state index in [0.717, 1.165) is 29.0 Å². The molecule has 1 aromatic carbocycles.